The Labute approximate surface area is 166 Å². The summed E-state index contributed by atoms with van der Waals surface area (Å²) in [5.41, 5.74) is 3.13. The lowest BCUT2D eigenvalue weighted by molar-refractivity contribution is 0.0947. The zero-order valence-corrected chi connectivity index (χ0v) is 15.7. The molecule has 0 bridgehead atoms. The zero-order valence-electron chi connectivity index (χ0n) is 14.9. The number of carbonyl (C=O) groups excluding carboxylic acids is 2. The van der Waals surface area contributed by atoms with E-state index in [0.29, 0.717) is 29.4 Å². The molecule has 0 radical (unpaired) electrons. The molecule has 8 heteroatoms. The molecule has 1 heterocycles. The second-order valence-electron chi connectivity index (χ2n) is 5.71. The quantitative estimate of drug-likeness (QED) is 0.246. The second kappa shape index (κ2) is 9.63. The molecule has 0 saturated carbocycles. The Hall–Kier alpha value is -3.23. The van der Waals surface area contributed by atoms with Crippen LogP contribution in [0.25, 0.3) is 5.69 Å². The van der Waals surface area contributed by atoms with Gasteiger partial charge in [0.2, 0.25) is 0 Å². The van der Waals surface area contributed by atoms with E-state index in [1.165, 1.54) is 0 Å². The molecule has 0 unspecified atom stereocenters. The molecule has 7 nitrogen and oxygen atoms in total. The van der Waals surface area contributed by atoms with Crippen molar-refractivity contribution >= 4 is 22.9 Å². The van der Waals surface area contributed by atoms with Crippen LogP contribution in [-0.2, 0) is 0 Å². The van der Waals surface area contributed by atoms with Crippen molar-refractivity contribution in [3.8, 4) is 11.4 Å². The van der Waals surface area contributed by atoms with Crippen LogP contribution in [0.3, 0.4) is 0 Å². The molecule has 3 rings (SSSR count). The molecule has 0 aliphatic carbocycles. The number of rotatable bonds is 7. The Kier molecular flexibility index (Phi) is 6.72. The van der Waals surface area contributed by atoms with Gasteiger partial charge in [-0.05, 0) is 72.4 Å². The van der Waals surface area contributed by atoms with Crippen molar-refractivity contribution in [3.05, 3.63) is 78.6 Å². The van der Waals surface area contributed by atoms with Gasteiger partial charge in [-0.25, -0.2) is 5.48 Å². The Morgan fingerprint density at radius 2 is 1.68 bits per heavy atom. The number of benzene rings is 2. The van der Waals surface area contributed by atoms with Crippen LogP contribution in [0, 0.1) is 0 Å². The summed E-state index contributed by atoms with van der Waals surface area (Å²) in [7, 11) is 0. The van der Waals surface area contributed by atoms with Crippen molar-refractivity contribution in [2.45, 2.75) is 4.90 Å². The number of hydroxylamine groups is 1. The fraction of sp³-hybridized carbons (Fsp3) is 0.100. The molecule has 3 N–H and O–H groups in total. The third-order valence-corrected chi connectivity index (χ3v) is 4.60. The van der Waals surface area contributed by atoms with Crippen molar-refractivity contribution in [3.63, 3.8) is 0 Å². The van der Waals surface area contributed by atoms with E-state index in [9.17, 15) is 9.59 Å². The van der Waals surface area contributed by atoms with Crippen molar-refractivity contribution in [2.75, 3.05) is 13.2 Å². The maximum absolute atomic E-state index is 12.2. The number of carbonyl (C=O) groups is 2. The van der Waals surface area contributed by atoms with Gasteiger partial charge in [-0.1, -0.05) is 0 Å². The molecule has 0 atom stereocenters. The Morgan fingerprint density at radius 1 is 1.00 bits per heavy atom. The Morgan fingerprint density at radius 3 is 2.32 bits per heavy atom. The number of ether oxygens (including phenoxy) is 1. The minimum Gasteiger partial charge on any atom is -0.492 e. The molecule has 0 aliphatic heterocycles. The fourth-order valence-corrected chi connectivity index (χ4v) is 2.99. The van der Waals surface area contributed by atoms with Gasteiger partial charge in [0.15, 0.2) is 0 Å². The molecular weight excluding hydrogens is 378 g/mol. The van der Waals surface area contributed by atoms with Gasteiger partial charge in [0.1, 0.15) is 12.4 Å². The Balaban J connectivity index is 1.42. The van der Waals surface area contributed by atoms with Crippen molar-refractivity contribution in [2.24, 2.45) is 0 Å². The summed E-state index contributed by atoms with van der Waals surface area (Å²) < 4.78 is 7.54. The van der Waals surface area contributed by atoms with Gasteiger partial charge in [-0.15, -0.1) is 0 Å². The minimum absolute atomic E-state index is 0.163. The summed E-state index contributed by atoms with van der Waals surface area (Å²) in [6.45, 7) is 0.679. The van der Waals surface area contributed by atoms with E-state index in [2.05, 4.69) is 5.32 Å². The number of nitrogens with zero attached hydrogens (tertiary/aromatic N) is 1. The molecule has 2 aromatic carbocycles. The molecule has 3 aromatic rings. The first-order valence-electron chi connectivity index (χ1n) is 8.52. The maximum atomic E-state index is 12.2. The van der Waals surface area contributed by atoms with Crippen LogP contribution in [0.5, 0.6) is 5.75 Å². The first-order chi connectivity index (χ1) is 13.7. The molecule has 0 saturated heterocycles. The summed E-state index contributed by atoms with van der Waals surface area (Å²) in [5, 5.41) is 10.8. The van der Waals surface area contributed by atoms with Gasteiger partial charge in [0, 0.05) is 28.5 Å². The first-order valence-corrected chi connectivity index (χ1v) is 9.34. The van der Waals surface area contributed by atoms with Gasteiger partial charge in [-0.2, -0.15) is 0 Å². The van der Waals surface area contributed by atoms with E-state index >= 15 is 0 Å². The van der Waals surface area contributed by atoms with Crippen LogP contribution in [0.2, 0.25) is 0 Å². The number of hydrogen-bond donors (Lipinski definition) is 3. The normalized spacial score (nSPS) is 10.3. The summed E-state index contributed by atoms with van der Waals surface area (Å²) in [4.78, 5) is 23.9. The highest BCUT2D eigenvalue weighted by atomic mass is 32.2. The summed E-state index contributed by atoms with van der Waals surface area (Å²) >= 11 is 0.868. The van der Waals surface area contributed by atoms with E-state index in [1.807, 2.05) is 41.2 Å². The largest absolute Gasteiger partial charge is 0.492 e. The molecule has 0 spiro atoms. The van der Waals surface area contributed by atoms with E-state index in [-0.39, 0.29) is 5.91 Å². The van der Waals surface area contributed by atoms with Crippen LogP contribution in [0.1, 0.15) is 10.4 Å². The smallest absolute Gasteiger partial charge is 0.307 e. The lowest BCUT2D eigenvalue weighted by Gasteiger charge is -2.09. The number of thioether (sulfide) groups is 1. The Bertz CT molecular complexity index is 910. The number of nitrogens with one attached hydrogen (secondary N) is 2. The van der Waals surface area contributed by atoms with Gasteiger partial charge >= 0.3 is 5.24 Å². The minimum atomic E-state index is -0.558. The van der Waals surface area contributed by atoms with E-state index in [0.717, 1.165) is 17.4 Å². The second-order valence-corrected chi connectivity index (χ2v) is 6.76. The molecule has 0 fully saturated rings. The van der Waals surface area contributed by atoms with Crippen LogP contribution in [0.4, 0.5) is 4.79 Å². The summed E-state index contributed by atoms with van der Waals surface area (Å²) in [5.74, 6) is 0.462. The highest BCUT2D eigenvalue weighted by Crippen LogP contribution is 2.21. The van der Waals surface area contributed by atoms with Crippen molar-refractivity contribution in [1.82, 2.24) is 15.4 Å². The number of aromatic nitrogens is 1. The lowest BCUT2D eigenvalue weighted by Crippen LogP contribution is -2.28. The highest BCUT2D eigenvalue weighted by Gasteiger charge is 2.06. The molecular formula is C20H19N3O4S. The lowest BCUT2D eigenvalue weighted by atomic mass is 10.2. The van der Waals surface area contributed by atoms with Gasteiger partial charge in [0.25, 0.3) is 5.91 Å². The molecule has 144 valence electrons. The van der Waals surface area contributed by atoms with Crippen molar-refractivity contribution < 1.29 is 19.5 Å². The van der Waals surface area contributed by atoms with Crippen LogP contribution in [-0.4, -0.2) is 34.1 Å². The number of amides is 2. The van der Waals surface area contributed by atoms with Crippen LogP contribution < -0.4 is 15.5 Å². The molecule has 2 amide bonds. The standard InChI is InChI=1S/C20H19N3O4S/c24-19(15-3-5-16(6-4-15)23-12-1-2-13-23)21-11-14-27-17-7-9-18(10-8-17)28-20(25)22-26/h1-10,12-13,26H,11,14H2,(H,21,24)(H,22,25). The monoisotopic (exact) mass is 397 g/mol. The van der Waals surface area contributed by atoms with Crippen LogP contribution in [0.15, 0.2) is 78.0 Å². The predicted octanol–water partition coefficient (Wildman–Crippen LogP) is 3.48. The summed E-state index contributed by atoms with van der Waals surface area (Å²) in [6.07, 6.45) is 3.89. The highest BCUT2D eigenvalue weighted by molar-refractivity contribution is 8.13. The molecule has 0 aliphatic rings. The third kappa shape index (κ3) is 5.38. The maximum Gasteiger partial charge on any atom is 0.307 e. The first kappa shape index (κ1) is 19.5. The fourth-order valence-electron chi connectivity index (χ4n) is 2.46. The van der Waals surface area contributed by atoms with E-state index in [1.54, 1.807) is 41.9 Å². The van der Waals surface area contributed by atoms with Gasteiger partial charge < -0.3 is 14.6 Å². The molecule has 28 heavy (non-hydrogen) atoms. The van der Waals surface area contributed by atoms with Crippen molar-refractivity contribution in [1.29, 1.82) is 0 Å². The van der Waals surface area contributed by atoms with Gasteiger partial charge in [0.05, 0.1) is 6.54 Å². The summed E-state index contributed by atoms with van der Waals surface area (Å²) in [6, 6.07) is 18.1. The zero-order chi connectivity index (χ0) is 19.8. The van der Waals surface area contributed by atoms with E-state index in [4.69, 9.17) is 9.94 Å². The SMILES string of the molecule is O=C(NO)Sc1ccc(OCCNC(=O)c2ccc(-n3cccc3)cc2)cc1. The average molecular weight is 397 g/mol. The predicted molar refractivity (Wildman–Crippen MR) is 106 cm³/mol. The van der Waals surface area contributed by atoms with E-state index < -0.39 is 5.24 Å². The molecule has 1 aromatic heterocycles. The third-order valence-electron chi connectivity index (χ3n) is 3.81. The van der Waals surface area contributed by atoms with Gasteiger partial charge in [-0.3, -0.25) is 14.8 Å². The average Bonchev–Trinajstić information content (AvgIpc) is 3.27. The number of hydrogen-bond acceptors (Lipinski definition) is 5. The van der Waals surface area contributed by atoms with Crippen LogP contribution >= 0.6 is 11.8 Å². The topological polar surface area (TPSA) is 92.6 Å².